The summed E-state index contributed by atoms with van der Waals surface area (Å²) in [5.74, 6) is 0.594. The lowest BCUT2D eigenvalue weighted by Crippen LogP contribution is -2.18. The summed E-state index contributed by atoms with van der Waals surface area (Å²) in [4.78, 5) is 14.3. The van der Waals surface area contributed by atoms with E-state index in [9.17, 15) is 10.1 Å². The van der Waals surface area contributed by atoms with Gasteiger partial charge in [0.1, 0.15) is 11.6 Å². The molecule has 0 aromatic carbocycles. The van der Waals surface area contributed by atoms with Gasteiger partial charge in [0, 0.05) is 13.2 Å². The normalized spacial score (nSPS) is 22.9. The number of methoxy groups -OCH3 is 1. The molecule has 1 saturated carbocycles. The van der Waals surface area contributed by atoms with E-state index in [1.54, 1.807) is 7.11 Å². The molecule has 0 saturated heterocycles. The van der Waals surface area contributed by atoms with Crippen LogP contribution in [0, 0.1) is 10.1 Å². The van der Waals surface area contributed by atoms with Crippen LogP contribution in [0.2, 0.25) is 0 Å². The Labute approximate surface area is 104 Å². The second-order valence-corrected chi connectivity index (χ2v) is 4.40. The van der Waals surface area contributed by atoms with Crippen LogP contribution < -0.4 is 11.1 Å². The molecule has 2 atom stereocenters. The largest absolute Gasteiger partial charge is 0.383 e. The topological polar surface area (TPSA) is 103 Å². The van der Waals surface area contributed by atoms with Gasteiger partial charge >= 0.3 is 0 Å². The van der Waals surface area contributed by atoms with Gasteiger partial charge in [-0.2, -0.15) is 0 Å². The van der Waals surface area contributed by atoms with E-state index in [4.69, 9.17) is 10.5 Å². The Kier molecular flexibility index (Phi) is 3.61. The van der Waals surface area contributed by atoms with E-state index >= 15 is 0 Å². The first kappa shape index (κ1) is 12.6. The molecule has 0 radical (unpaired) electrons. The summed E-state index contributed by atoms with van der Waals surface area (Å²) < 4.78 is 5.27. The summed E-state index contributed by atoms with van der Waals surface area (Å²) in [6, 6.07) is 2.87. The number of nitrogens with two attached hydrogens (primary N) is 1. The highest BCUT2D eigenvalue weighted by Crippen LogP contribution is 2.26. The van der Waals surface area contributed by atoms with Gasteiger partial charge in [-0.1, -0.05) is 0 Å². The van der Waals surface area contributed by atoms with Gasteiger partial charge in [-0.25, -0.2) is 4.98 Å². The van der Waals surface area contributed by atoms with Crippen LogP contribution in [0.4, 0.5) is 17.3 Å². The molecule has 1 aromatic heterocycles. The number of nitrogen functional groups attached to an aromatic ring is 1. The SMILES string of the molecule is COC1CCC(Nc2cc([N+](=O)[O-])cc(N)n2)C1. The van der Waals surface area contributed by atoms with Gasteiger partial charge in [-0.05, 0) is 19.3 Å². The van der Waals surface area contributed by atoms with Gasteiger partial charge in [0.15, 0.2) is 0 Å². The highest BCUT2D eigenvalue weighted by Gasteiger charge is 2.25. The first-order chi connectivity index (χ1) is 8.58. The molecular formula is C11H16N4O3. The first-order valence-electron chi connectivity index (χ1n) is 5.79. The molecule has 0 amide bonds. The molecule has 0 bridgehead atoms. The average molecular weight is 252 g/mol. The third-order valence-corrected chi connectivity index (χ3v) is 3.11. The molecule has 18 heavy (non-hydrogen) atoms. The van der Waals surface area contributed by atoms with Gasteiger partial charge in [-0.3, -0.25) is 10.1 Å². The summed E-state index contributed by atoms with van der Waals surface area (Å²) in [5, 5.41) is 13.9. The Hall–Kier alpha value is -1.89. The molecule has 0 spiro atoms. The average Bonchev–Trinajstić information content (AvgIpc) is 2.76. The van der Waals surface area contributed by atoms with Crippen LogP contribution in [0.1, 0.15) is 19.3 Å². The number of nitrogens with zero attached hydrogens (tertiary/aromatic N) is 2. The second kappa shape index (κ2) is 5.18. The number of aromatic nitrogens is 1. The highest BCUT2D eigenvalue weighted by atomic mass is 16.6. The molecule has 2 rings (SSSR count). The van der Waals surface area contributed by atoms with Gasteiger partial charge in [0.2, 0.25) is 0 Å². The Bertz CT molecular complexity index is 452. The number of ether oxygens (including phenoxy) is 1. The van der Waals surface area contributed by atoms with Gasteiger partial charge in [0.25, 0.3) is 5.69 Å². The third-order valence-electron chi connectivity index (χ3n) is 3.11. The van der Waals surface area contributed by atoms with Crippen molar-refractivity contribution < 1.29 is 9.66 Å². The molecule has 3 N–H and O–H groups in total. The van der Waals surface area contributed by atoms with Crippen LogP contribution >= 0.6 is 0 Å². The molecule has 1 aliphatic carbocycles. The van der Waals surface area contributed by atoms with Crippen molar-refractivity contribution in [2.75, 3.05) is 18.2 Å². The standard InChI is InChI=1S/C11H16N4O3/c1-18-9-3-2-7(4-9)13-11-6-8(15(16)17)5-10(12)14-11/h5-7,9H,2-4H2,1H3,(H3,12,13,14). The van der Waals surface area contributed by atoms with E-state index in [1.807, 2.05) is 0 Å². The van der Waals surface area contributed by atoms with Crippen LogP contribution in [0.5, 0.6) is 0 Å². The lowest BCUT2D eigenvalue weighted by molar-refractivity contribution is -0.384. The molecule has 1 fully saturated rings. The van der Waals surface area contributed by atoms with Crippen molar-refractivity contribution in [3.8, 4) is 0 Å². The maximum atomic E-state index is 10.7. The van der Waals surface area contributed by atoms with E-state index in [-0.39, 0.29) is 23.7 Å². The fourth-order valence-electron chi connectivity index (χ4n) is 2.21. The van der Waals surface area contributed by atoms with E-state index in [0.717, 1.165) is 19.3 Å². The molecule has 7 nitrogen and oxygen atoms in total. The molecule has 1 aromatic rings. The van der Waals surface area contributed by atoms with E-state index < -0.39 is 4.92 Å². The van der Waals surface area contributed by atoms with Crippen LogP contribution in [0.3, 0.4) is 0 Å². The fraction of sp³-hybridized carbons (Fsp3) is 0.545. The van der Waals surface area contributed by atoms with Gasteiger partial charge in [-0.15, -0.1) is 0 Å². The third kappa shape index (κ3) is 2.86. The molecule has 2 unspecified atom stereocenters. The number of rotatable bonds is 4. The highest BCUT2D eigenvalue weighted by molar-refractivity contribution is 5.53. The molecule has 1 heterocycles. The quantitative estimate of drug-likeness (QED) is 0.622. The maximum Gasteiger partial charge on any atom is 0.276 e. The summed E-state index contributed by atoms with van der Waals surface area (Å²) in [6.07, 6.45) is 3.07. The van der Waals surface area contributed by atoms with Crippen molar-refractivity contribution in [1.29, 1.82) is 0 Å². The van der Waals surface area contributed by atoms with Gasteiger partial charge in [0.05, 0.1) is 23.2 Å². The Balaban J connectivity index is 2.07. The van der Waals surface area contributed by atoms with Crippen molar-refractivity contribution in [3.63, 3.8) is 0 Å². The lowest BCUT2D eigenvalue weighted by Gasteiger charge is -2.13. The smallest absolute Gasteiger partial charge is 0.276 e. The van der Waals surface area contributed by atoms with Crippen LogP contribution in [-0.2, 0) is 4.74 Å². The summed E-state index contributed by atoms with van der Waals surface area (Å²) in [5.41, 5.74) is 5.49. The number of hydrogen-bond donors (Lipinski definition) is 2. The number of hydrogen-bond acceptors (Lipinski definition) is 6. The van der Waals surface area contributed by atoms with Crippen LogP contribution in [0.15, 0.2) is 12.1 Å². The zero-order chi connectivity index (χ0) is 13.1. The van der Waals surface area contributed by atoms with Crippen molar-refractivity contribution in [2.45, 2.75) is 31.4 Å². The number of pyridine rings is 1. The Morgan fingerprint density at radius 1 is 1.56 bits per heavy atom. The molecule has 0 aliphatic heterocycles. The van der Waals surface area contributed by atoms with Crippen molar-refractivity contribution >= 4 is 17.3 Å². The van der Waals surface area contributed by atoms with Crippen molar-refractivity contribution in [2.24, 2.45) is 0 Å². The summed E-state index contributed by atoms with van der Waals surface area (Å²) in [7, 11) is 1.69. The van der Waals surface area contributed by atoms with Gasteiger partial charge < -0.3 is 15.8 Å². The van der Waals surface area contributed by atoms with Crippen LogP contribution in [0.25, 0.3) is 0 Å². The number of anilines is 2. The summed E-state index contributed by atoms with van der Waals surface area (Å²) in [6.45, 7) is 0. The molecule has 7 heteroatoms. The van der Waals surface area contributed by atoms with E-state index in [2.05, 4.69) is 10.3 Å². The first-order valence-corrected chi connectivity index (χ1v) is 5.79. The monoisotopic (exact) mass is 252 g/mol. The minimum Gasteiger partial charge on any atom is -0.383 e. The zero-order valence-electron chi connectivity index (χ0n) is 10.1. The minimum atomic E-state index is -0.476. The molecule has 98 valence electrons. The zero-order valence-corrected chi connectivity index (χ0v) is 10.1. The predicted octanol–water partition coefficient (Wildman–Crippen LogP) is 1.55. The van der Waals surface area contributed by atoms with Crippen molar-refractivity contribution in [1.82, 2.24) is 4.98 Å². The number of nitrogens with one attached hydrogen (secondary N) is 1. The summed E-state index contributed by atoms with van der Waals surface area (Å²) >= 11 is 0. The Morgan fingerprint density at radius 3 is 2.94 bits per heavy atom. The molecular weight excluding hydrogens is 236 g/mol. The van der Waals surface area contributed by atoms with Crippen LogP contribution in [-0.4, -0.2) is 29.2 Å². The van der Waals surface area contributed by atoms with E-state index in [0.29, 0.717) is 5.82 Å². The molecule has 1 aliphatic rings. The fourth-order valence-corrected chi connectivity index (χ4v) is 2.21. The maximum absolute atomic E-state index is 10.7. The second-order valence-electron chi connectivity index (χ2n) is 4.40. The minimum absolute atomic E-state index is 0.0497. The van der Waals surface area contributed by atoms with Crippen molar-refractivity contribution in [3.05, 3.63) is 22.2 Å². The lowest BCUT2D eigenvalue weighted by atomic mass is 10.2. The predicted molar refractivity (Wildman–Crippen MR) is 67.4 cm³/mol. The number of nitro groups is 1. The Morgan fingerprint density at radius 2 is 2.33 bits per heavy atom. The van der Waals surface area contributed by atoms with E-state index in [1.165, 1.54) is 12.1 Å².